The Bertz CT molecular complexity index is 682. The van der Waals surface area contributed by atoms with Crippen molar-refractivity contribution < 1.29 is 19.1 Å². The summed E-state index contributed by atoms with van der Waals surface area (Å²) in [6, 6.07) is 5.02. The smallest absolute Gasteiger partial charge is 0.311 e. The number of unbranched alkanes of at least 4 members (excludes halogenated alkanes) is 2. The summed E-state index contributed by atoms with van der Waals surface area (Å²) in [5, 5.41) is -0.422. The molecule has 168 valence electrons. The van der Waals surface area contributed by atoms with Crippen LogP contribution in [0.3, 0.4) is 0 Å². The van der Waals surface area contributed by atoms with Crippen molar-refractivity contribution in [3.8, 4) is 11.5 Å². The van der Waals surface area contributed by atoms with Gasteiger partial charge in [-0.15, -0.1) is 18.2 Å². The highest BCUT2D eigenvalue weighted by molar-refractivity contribution is 6.21. The van der Waals surface area contributed by atoms with Crippen LogP contribution in [0, 0.1) is 11.8 Å². The fourth-order valence-corrected chi connectivity index (χ4v) is 3.12. The van der Waals surface area contributed by atoms with Crippen molar-refractivity contribution in [3.05, 3.63) is 36.4 Å². The van der Waals surface area contributed by atoms with Gasteiger partial charge in [0.05, 0.1) is 5.38 Å². The molecule has 30 heavy (non-hydrogen) atoms. The van der Waals surface area contributed by atoms with E-state index in [1.807, 2.05) is 0 Å². The average Bonchev–Trinajstić information content (AvgIpc) is 2.69. The summed E-state index contributed by atoms with van der Waals surface area (Å²) in [6.45, 7) is 12.3. The number of hydrogen-bond acceptors (Lipinski definition) is 4. The van der Waals surface area contributed by atoms with Gasteiger partial charge in [-0.05, 0) is 42.4 Å². The lowest BCUT2D eigenvalue weighted by Gasteiger charge is -2.14. The van der Waals surface area contributed by atoms with Crippen LogP contribution in [-0.4, -0.2) is 11.9 Å². The number of ether oxygens (including phenoxy) is 2. The zero-order valence-electron chi connectivity index (χ0n) is 18.9. The van der Waals surface area contributed by atoms with Crippen LogP contribution in [0.5, 0.6) is 11.5 Å². The molecule has 1 unspecified atom stereocenters. The van der Waals surface area contributed by atoms with E-state index in [-0.39, 0.29) is 23.4 Å². The molecule has 1 aromatic rings. The summed E-state index contributed by atoms with van der Waals surface area (Å²) in [6.07, 6.45) is 7.92. The molecule has 1 aromatic carbocycles. The molecule has 4 nitrogen and oxygen atoms in total. The fraction of sp³-hybridized carbons (Fsp3) is 0.600. The number of esters is 2. The monoisotopic (exact) mass is 436 g/mol. The van der Waals surface area contributed by atoms with Crippen LogP contribution >= 0.6 is 11.6 Å². The normalized spacial score (nSPS) is 12.1. The summed E-state index contributed by atoms with van der Waals surface area (Å²) >= 11 is 6.23. The predicted octanol–water partition coefficient (Wildman–Crippen LogP) is 7.40. The maximum atomic E-state index is 12.3. The first-order valence-corrected chi connectivity index (χ1v) is 11.5. The summed E-state index contributed by atoms with van der Waals surface area (Å²) in [5.41, 5.74) is 0.728. The lowest BCUT2D eigenvalue weighted by atomic mass is 10.1. The van der Waals surface area contributed by atoms with Gasteiger partial charge in [0.15, 0.2) is 11.5 Å². The third-order valence-corrected chi connectivity index (χ3v) is 5.20. The molecule has 0 aromatic heterocycles. The highest BCUT2D eigenvalue weighted by Gasteiger charge is 2.16. The van der Waals surface area contributed by atoms with Crippen LogP contribution in [0.25, 0.3) is 0 Å². The van der Waals surface area contributed by atoms with E-state index < -0.39 is 5.38 Å². The Hall–Kier alpha value is -1.81. The molecule has 0 heterocycles. The zero-order chi connectivity index (χ0) is 22.5. The third kappa shape index (κ3) is 10.8. The first-order valence-electron chi connectivity index (χ1n) is 11.0. The SMILES string of the molecule is C=CC(Cl)c1ccc(OC(=O)CCCCC(C)C)c(OC(=O)CCCCC(C)C)c1. The van der Waals surface area contributed by atoms with E-state index in [4.69, 9.17) is 21.1 Å². The van der Waals surface area contributed by atoms with Crippen molar-refractivity contribution in [2.45, 2.75) is 84.4 Å². The Morgan fingerprint density at radius 2 is 1.40 bits per heavy atom. The topological polar surface area (TPSA) is 52.6 Å². The Morgan fingerprint density at radius 1 is 0.900 bits per heavy atom. The molecule has 0 amide bonds. The van der Waals surface area contributed by atoms with Gasteiger partial charge in [0, 0.05) is 12.8 Å². The van der Waals surface area contributed by atoms with Crippen LogP contribution in [-0.2, 0) is 9.59 Å². The molecular formula is C25H37ClO4. The molecule has 0 bridgehead atoms. The van der Waals surface area contributed by atoms with Crippen molar-refractivity contribution in [1.82, 2.24) is 0 Å². The Balaban J connectivity index is 2.76. The molecule has 0 fully saturated rings. The van der Waals surface area contributed by atoms with E-state index in [9.17, 15) is 9.59 Å². The van der Waals surface area contributed by atoms with Gasteiger partial charge in [0.1, 0.15) is 0 Å². The van der Waals surface area contributed by atoms with Crippen molar-refractivity contribution in [3.63, 3.8) is 0 Å². The lowest BCUT2D eigenvalue weighted by molar-refractivity contribution is -0.137. The number of rotatable bonds is 14. The standard InChI is InChI=1S/C25H37ClO4/c1-6-21(26)20-15-16-22(29-24(27)13-9-7-11-18(2)3)23(17-20)30-25(28)14-10-8-12-19(4)5/h6,15-19,21H,1,7-14H2,2-5H3. The summed E-state index contributed by atoms with van der Waals surface area (Å²) in [5.74, 6) is 1.04. The fourth-order valence-electron chi connectivity index (χ4n) is 2.99. The minimum atomic E-state index is -0.422. The number of hydrogen-bond donors (Lipinski definition) is 0. The molecule has 0 radical (unpaired) electrons. The molecule has 0 saturated carbocycles. The summed E-state index contributed by atoms with van der Waals surface area (Å²) in [7, 11) is 0. The molecule has 1 atom stereocenters. The van der Waals surface area contributed by atoms with Gasteiger partial charge in [0.2, 0.25) is 0 Å². The van der Waals surface area contributed by atoms with Crippen LogP contribution < -0.4 is 9.47 Å². The van der Waals surface area contributed by atoms with E-state index in [0.29, 0.717) is 24.7 Å². The van der Waals surface area contributed by atoms with Crippen LogP contribution in [0.15, 0.2) is 30.9 Å². The number of benzene rings is 1. The second-order valence-corrected chi connectivity index (χ2v) is 9.04. The van der Waals surface area contributed by atoms with Gasteiger partial charge < -0.3 is 9.47 Å². The van der Waals surface area contributed by atoms with Crippen LogP contribution in [0.1, 0.15) is 90.0 Å². The van der Waals surface area contributed by atoms with E-state index in [0.717, 1.165) is 44.1 Å². The molecule has 0 saturated heterocycles. The minimum absolute atomic E-state index is 0.226. The molecule has 0 aliphatic carbocycles. The number of alkyl halides is 1. The maximum Gasteiger partial charge on any atom is 0.311 e. The highest BCUT2D eigenvalue weighted by atomic mass is 35.5. The number of carbonyl (C=O) groups is 2. The van der Waals surface area contributed by atoms with E-state index in [1.165, 1.54) is 0 Å². The summed E-state index contributed by atoms with van der Waals surface area (Å²) in [4.78, 5) is 24.5. The molecule has 0 aliphatic rings. The molecule has 0 aliphatic heterocycles. The Morgan fingerprint density at radius 3 is 1.87 bits per heavy atom. The van der Waals surface area contributed by atoms with Crippen molar-refractivity contribution in [2.24, 2.45) is 11.8 Å². The molecule has 1 rings (SSSR count). The Kier molecular flexibility index (Phi) is 12.4. The van der Waals surface area contributed by atoms with Crippen molar-refractivity contribution in [1.29, 1.82) is 0 Å². The van der Waals surface area contributed by atoms with E-state index >= 15 is 0 Å². The second-order valence-electron chi connectivity index (χ2n) is 8.57. The van der Waals surface area contributed by atoms with E-state index in [2.05, 4.69) is 34.3 Å². The second kappa shape index (κ2) is 14.2. The largest absolute Gasteiger partial charge is 0.423 e. The number of halogens is 1. The van der Waals surface area contributed by atoms with Gasteiger partial charge in [0.25, 0.3) is 0 Å². The average molecular weight is 437 g/mol. The highest BCUT2D eigenvalue weighted by Crippen LogP contribution is 2.33. The predicted molar refractivity (Wildman–Crippen MR) is 123 cm³/mol. The van der Waals surface area contributed by atoms with Gasteiger partial charge in [-0.2, -0.15) is 0 Å². The molecule has 0 spiro atoms. The first-order chi connectivity index (χ1) is 14.2. The van der Waals surface area contributed by atoms with Gasteiger partial charge in [-0.1, -0.05) is 65.5 Å². The van der Waals surface area contributed by atoms with Crippen molar-refractivity contribution >= 4 is 23.5 Å². The molecule has 5 heteroatoms. The summed E-state index contributed by atoms with van der Waals surface area (Å²) < 4.78 is 11.0. The number of carbonyl (C=O) groups excluding carboxylic acids is 2. The van der Waals surface area contributed by atoms with Crippen molar-refractivity contribution in [2.75, 3.05) is 0 Å². The third-order valence-electron chi connectivity index (χ3n) is 4.77. The minimum Gasteiger partial charge on any atom is -0.423 e. The maximum absolute atomic E-state index is 12.3. The van der Waals surface area contributed by atoms with E-state index in [1.54, 1.807) is 24.3 Å². The van der Waals surface area contributed by atoms with Gasteiger partial charge >= 0.3 is 11.9 Å². The lowest BCUT2D eigenvalue weighted by Crippen LogP contribution is -2.12. The molecule has 0 N–H and O–H groups in total. The molecular weight excluding hydrogens is 400 g/mol. The van der Waals surface area contributed by atoms with Crippen LogP contribution in [0.2, 0.25) is 0 Å². The van der Waals surface area contributed by atoms with Crippen LogP contribution in [0.4, 0.5) is 0 Å². The van der Waals surface area contributed by atoms with Gasteiger partial charge in [-0.25, -0.2) is 0 Å². The zero-order valence-corrected chi connectivity index (χ0v) is 19.7. The number of allylic oxidation sites excluding steroid dienone is 1. The Labute approximate surface area is 187 Å². The van der Waals surface area contributed by atoms with Gasteiger partial charge in [-0.3, -0.25) is 9.59 Å². The quantitative estimate of drug-likeness (QED) is 0.100. The first kappa shape index (κ1) is 26.2.